The molecule has 1 heteroatoms. The van der Waals surface area contributed by atoms with Crippen LogP contribution in [-0.2, 0) is 6.42 Å². The van der Waals surface area contributed by atoms with Gasteiger partial charge in [0.2, 0.25) is 0 Å². The lowest BCUT2D eigenvalue weighted by atomic mass is 9.78. The minimum Gasteiger partial charge on any atom is -0.126 e. The molecule has 0 atom stereocenters. The summed E-state index contributed by atoms with van der Waals surface area (Å²) in [5, 5.41) is 2.70. The van der Waals surface area contributed by atoms with Crippen LogP contribution in [0.15, 0.2) is 42.5 Å². The fourth-order valence-corrected chi connectivity index (χ4v) is 3.06. The van der Waals surface area contributed by atoms with Gasteiger partial charge in [0.05, 0.1) is 0 Å². The highest BCUT2D eigenvalue weighted by molar-refractivity contribution is 6.18. The molecule has 0 aliphatic carbocycles. The lowest BCUT2D eigenvalue weighted by Gasteiger charge is -2.30. The zero-order valence-electron chi connectivity index (χ0n) is 11.2. The van der Waals surface area contributed by atoms with Gasteiger partial charge in [0.1, 0.15) is 0 Å². The second kappa shape index (κ2) is 5.75. The van der Waals surface area contributed by atoms with Crippen LogP contribution in [0, 0.1) is 5.41 Å². The van der Waals surface area contributed by atoms with Gasteiger partial charge in [-0.1, -0.05) is 56.3 Å². The fraction of sp³-hybridized carbons (Fsp3) is 0.412. The third-order valence-corrected chi connectivity index (χ3v) is 4.80. The number of benzene rings is 2. The molecule has 2 aromatic rings. The topological polar surface area (TPSA) is 0 Å². The molecule has 0 aliphatic heterocycles. The first-order valence-corrected chi connectivity index (χ1v) is 7.31. The molecule has 0 fully saturated rings. The summed E-state index contributed by atoms with van der Waals surface area (Å²) >= 11 is 6.23. The van der Waals surface area contributed by atoms with E-state index in [0.717, 1.165) is 25.1 Å². The van der Waals surface area contributed by atoms with Crippen molar-refractivity contribution >= 4 is 22.4 Å². The van der Waals surface area contributed by atoms with E-state index in [1.807, 2.05) is 0 Å². The smallest absolute Gasteiger partial charge is 0.0282 e. The molecule has 0 amide bonds. The molecule has 0 bridgehead atoms. The van der Waals surface area contributed by atoms with Crippen LogP contribution in [0.25, 0.3) is 10.8 Å². The van der Waals surface area contributed by atoms with Gasteiger partial charge >= 0.3 is 0 Å². The van der Waals surface area contributed by atoms with Crippen molar-refractivity contribution in [3.05, 3.63) is 48.0 Å². The van der Waals surface area contributed by atoms with Crippen LogP contribution in [0.1, 0.15) is 32.3 Å². The highest BCUT2D eigenvalue weighted by atomic mass is 35.5. The Bertz CT molecular complexity index is 498. The largest absolute Gasteiger partial charge is 0.126 e. The quantitative estimate of drug-likeness (QED) is 0.629. The highest BCUT2D eigenvalue weighted by Crippen LogP contribution is 2.34. The first kappa shape index (κ1) is 13.4. The summed E-state index contributed by atoms with van der Waals surface area (Å²) < 4.78 is 0. The molecule has 2 aromatic carbocycles. The summed E-state index contributed by atoms with van der Waals surface area (Å²) in [5.41, 5.74) is 1.67. The van der Waals surface area contributed by atoms with Gasteiger partial charge in [-0.3, -0.25) is 0 Å². The molecule has 0 aliphatic rings. The Kier molecular flexibility index (Phi) is 4.29. The lowest BCUT2D eigenvalue weighted by Crippen LogP contribution is -2.24. The van der Waals surface area contributed by atoms with Crippen molar-refractivity contribution in [1.29, 1.82) is 0 Å². The van der Waals surface area contributed by atoms with E-state index in [0.29, 0.717) is 0 Å². The normalized spacial score (nSPS) is 11.9. The van der Waals surface area contributed by atoms with Gasteiger partial charge in [0.25, 0.3) is 0 Å². The molecule has 0 unspecified atom stereocenters. The molecular formula is C17H21Cl. The van der Waals surface area contributed by atoms with Gasteiger partial charge in [-0.25, -0.2) is 0 Å². The molecule has 0 N–H and O–H groups in total. The molecule has 0 saturated carbocycles. The van der Waals surface area contributed by atoms with Crippen LogP contribution in [0.2, 0.25) is 0 Å². The summed E-state index contributed by atoms with van der Waals surface area (Å²) in [6.45, 7) is 4.49. The molecular weight excluding hydrogens is 240 g/mol. The maximum atomic E-state index is 6.23. The van der Waals surface area contributed by atoms with Crippen molar-refractivity contribution in [3.63, 3.8) is 0 Å². The molecule has 0 saturated heterocycles. The minimum absolute atomic E-state index is 0.242. The van der Waals surface area contributed by atoms with Gasteiger partial charge in [-0.15, -0.1) is 11.6 Å². The average Bonchev–Trinajstić information content (AvgIpc) is 2.45. The summed E-state index contributed by atoms with van der Waals surface area (Å²) in [6.07, 6.45) is 3.34. The number of rotatable bonds is 5. The molecule has 0 aromatic heterocycles. The summed E-state index contributed by atoms with van der Waals surface area (Å²) in [6, 6.07) is 15.2. The Morgan fingerprint density at radius 2 is 1.61 bits per heavy atom. The second-order valence-corrected chi connectivity index (χ2v) is 5.42. The van der Waals surface area contributed by atoms with E-state index in [2.05, 4.69) is 56.3 Å². The van der Waals surface area contributed by atoms with Crippen LogP contribution < -0.4 is 0 Å². The maximum Gasteiger partial charge on any atom is 0.0282 e. The van der Waals surface area contributed by atoms with Gasteiger partial charge in [0.15, 0.2) is 0 Å². The SMILES string of the molecule is CCC(CC)(CCl)Cc1cccc2ccccc12. The molecule has 96 valence electrons. The van der Waals surface area contributed by atoms with Crippen molar-refractivity contribution in [2.75, 3.05) is 5.88 Å². The van der Waals surface area contributed by atoms with Gasteiger partial charge in [0, 0.05) is 5.88 Å². The van der Waals surface area contributed by atoms with Crippen molar-refractivity contribution < 1.29 is 0 Å². The van der Waals surface area contributed by atoms with Gasteiger partial charge in [-0.2, -0.15) is 0 Å². The molecule has 18 heavy (non-hydrogen) atoms. The number of fused-ring (bicyclic) bond motifs is 1. The monoisotopic (exact) mass is 260 g/mol. The van der Waals surface area contributed by atoms with Crippen LogP contribution in [0.4, 0.5) is 0 Å². The van der Waals surface area contributed by atoms with E-state index >= 15 is 0 Å². The van der Waals surface area contributed by atoms with Crippen molar-refractivity contribution in [1.82, 2.24) is 0 Å². The van der Waals surface area contributed by atoms with Gasteiger partial charge in [-0.05, 0) is 41.0 Å². The third-order valence-electron chi connectivity index (χ3n) is 4.23. The Morgan fingerprint density at radius 1 is 0.944 bits per heavy atom. The first-order chi connectivity index (χ1) is 8.74. The Labute approximate surface area is 115 Å². The second-order valence-electron chi connectivity index (χ2n) is 5.16. The molecule has 2 rings (SSSR count). The van der Waals surface area contributed by atoms with E-state index in [9.17, 15) is 0 Å². The lowest BCUT2D eigenvalue weighted by molar-refractivity contribution is 0.303. The van der Waals surface area contributed by atoms with Crippen LogP contribution in [0.3, 0.4) is 0 Å². The standard InChI is InChI=1S/C17H21Cl/c1-3-17(4-2,13-18)12-15-10-7-9-14-8-5-6-11-16(14)15/h5-11H,3-4,12-13H2,1-2H3. The third kappa shape index (κ3) is 2.54. The van der Waals surface area contributed by atoms with E-state index in [1.54, 1.807) is 0 Å². The van der Waals surface area contributed by atoms with Crippen LogP contribution >= 0.6 is 11.6 Å². The van der Waals surface area contributed by atoms with Crippen molar-refractivity contribution in [2.24, 2.45) is 5.41 Å². The predicted molar refractivity (Wildman–Crippen MR) is 81.4 cm³/mol. The van der Waals surface area contributed by atoms with Gasteiger partial charge < -0.3 is 0 Å². The average molecular weight is 261 g/mol. The number of alkyl halides is 1. The highest BCUT2D eigenvalue weighted by Gasteiger charge is 2.25. The predicted octanol–water partition coefficient (Wildman–Crippen LogP) is 5.43. The first-order valence-electron chi connectivity index (χ1n) is 6.77. The fourth-order valence-electron chi connectivity index (χ4n) is 2.59. The van der Waals surface area contributed by atoms with E-state index in [-0.39, 0.29) is 5.41 Å². The minimum atomic E-state index is 0.242. The van der Waals surface area contributed by atoms with E-state index < -0.39 is 0 Å². The molecule has 0 spiro atoms. The Hall–Kier alpha value is -1.01. The van der Waals surface area contributed by atoms with Crippen LogP contribution in [0.5, 0.6) is 0 Å². The van der Waals surface area contributed by atoms with Crippen molar-refractivity contribution in [2.45, 2.75) is 33.1 Å². The molecule has 0 radical (unpaired) electrons. The molecule has 0 heterocycles. The van der Waals surface area contributed by atoms with E-state index in [4.69, 9.17) is 11.6 Å². The zero-order valence-corrected chi connectivity index (χ0v) is 12.0. The number of halogens is 1. The Balaban J connectivity index is 2.42. The summed E-state index contributed by atoms with van der Waals surface area (Å²) in [7, 11) is 0. The number of hydrogen-bond acceptors (Lipinski definition) is 0. The number of hydrogen-bond donors (Lipinski definition) is 0. The summed E-state index contributed by atoms with van der Waals surface area (Å²) in [5.74, 6) is 0.739. The molecule has 0 nitrogen and oxygen atoms in total. The van der Waals surface area contributed by atoms with Crippen molar-refractivity contribution in [3.8, 4) is 0 Å². The Morgan fingerprint density at radius 3 is 2.28 bits per heavy atom. The summed E-state index contributed by atoms with van der Waals surface area (Å²) in [4.78, 5) is 0. The van der Waals surface area contributed by atoms with E-state index in [1.165, 1.54) is 16.3 Å². The maximum absolute atomic E-state index is 6.23. The van der Waals surface area contributed by atoms with Crippen LogP contribution in [-0.4, -0.2) is 5.88 Å². The zero-order chi connectivity index (χ0) is 13.0.